The number of aromatic hydroxyl groups is 1. The number of hydrogen-bond donors (Lipinski definition) is 2. The second-order valence-corrected chi connectivity index (χ2v) is 9.21. The summed E-state index contributed by atoms with van der Waals surface area (Å²) in [6.45, 7) is 8.05. The highest BCUT2D eigenvalue weighted by Crippen LogP contribution is 2.45. The lowest BCUT2D eigenvalue weighted by atomic mass is 10.1. The van der Waals surface area contributed by atoms with Gasteiger partial charge in [0.05, 0.1) is 36.4 Å². The normalized spacial score (nSPS) is 12.1. The van der Waals surface area contributed by atoms with E-state index in [0.717, 1.165) is 57.3 Å². The van der Waals surface area contributed by atoms with E-state index in [1.165, 1.54) is 12.7 Å². The Balaban J connectivity index is 1.47. The van der Waals surface area contributed by atoms with Gasteiger partial charge in [0.15, 0.2) is 23.0 Å². The molecule has 2 aromatic carbocycles. The number of nitrogens with one attached hydrogen (secondary N) is 1. The number of benzene rings is 2. The number of fused-ring (bicyclic) bond motifs is 3. The molecule has 0 fully saturated rings. The standard InChI is InChI=1S/C28H29N3O4/c1-15(2)34-25-12-19-10-21-27(30-31-28(21)20(19)13-26(25)35-16(3)4)18-6-8-22(29-14-18)17-7-9-23(32)24(11-17)33-5/h6-9,11-16,32H,10H2,1-5H3,(H,30,31). The number of aromatic amines is 1. The molecule has 1 aliphatic carbocycles. The first-order chi connectivity index (χ1) is 16.8. The molecule has 0 aliphatic heterocycles. The Hall–Kier alpha value is -4.00. The molecule has 0 spiro atoms. The summed E-state index contributed by atoms with van der Waals surface area (Å²) in [5, 5.41) is 17.7. The number of methoxy groups -OCH3 is 1. The smallest absolute Gasteiger partial charge is 0.162 e. The van der Waals surface area contributed by atoms with E-state index in [9.17, 15) is 5.11 Å². The zero-order chi connectivity index (χ0) is 24.7. The van der Waals surface area contributed by atoms with E-state index in [-0.39, 0.29) is 18.0 Å². The zero-order valence-electron chi connectivity index (χ0n) is 20.5. The maximum atomic E-state index is 9.86. The minimum absolute atomic E-state index is 0.0406. The van der Waals surface area contributed by atoms with Crippen LogP contribution in [0.15, 0.2) is 48.7 Å². The van der Waals surface area contributed by atoms with Gasteiger partial charge >= 0.3 is 0 Å². The highest BCUT2D eigenvalue weighted by atomic mass is 16.5. The summed E-state index contributed by atoms with van der Waals surface area (Å²) < 4.78 is 17.3. The van der Waals surface area contributed by atoms with Crippen molar-refractivity contribution in [2.75, 3.05) is 7.11 Å². The van der Waals surface area contributed by atoms with E-state index in [0.29, 0.717) is 5.75 Å². The first-order valence-corrected chi connectivity index (χ1v) is 11.8. The van der Waals surface area contributed by atoms with Crippen molar-refractivity contribution in [3.8, 4) is 56.8 Å². The lowest BCUT2D eigenvalue weighted by Crippen LogP contribution is -2.11. The molecule has 0 unspecified atom stereocenters. The molecule has 7 heteroatoms. The van der Waals surface area contributed by atoms with Gasteiger partial charge in [-0.2, -0.15) is 5.10 Å². The first kappa shape index (κ1) is 22.8. The average Bonchev–Trinajstić information content (AvgIpc) is 3.38. The fourth-order valence-corrected chi connectivity index (χ4v) is 4.40. The molecule has 0 amide bonds. The van der Waals surface area contributed by atoms with E-state index in [1.807, 2.05) is 52.1 Å². The van der Waals surface area contributed by atoms with Gasteiger partial charge in [-0.15, -0.1) is 0 Å². The monoisotopic (exact) mass is 471 g/mol. The molecule has 2 aromatic heterocycles. The summed E-state index contributed by atoms with van der Waals surface area (Å²) in [6, 6.07) is 13.3. The molecular weight excluding hydrogens is 442 g/mol. The van der Waals surface area contributed by atoms with Gasteiger partial charge in [0, 0.05) is 34.9 Å². The van der Waals surface area contributed by atoms with Crippen LogP contribution in [0.2, 0.25) is 0 Å². The van der Waals surface area contributed by atoms with Crippen LogP contribution in [-0.2, 0) is 6.42 Å². The van der Waals surface area contributed by atoms with Crippen LogP contribution in [0.4, 0.5) is 0 Å². The van der Waals surface area contributed by atoms with E-state index in [2.05, 4.69) is 27.3 Å². The van der Waals surface area contributed by atoms with Gasteiger partial charge in [0.25, 0.3) is 0 Å². The summed E-state index contributed by atoms with van der Waals surface area (Å²) >= 11 is 0. The lowest BCUT2D eigenvalue weighted by Gasteiger charge is -2.18. The molecule has 1 aliphatic rings. The fourth-order valence-electron chi connectivity index (χ4n) is 4.40. The van der Waals surface area contributed by atoms with Crippen molar-refractivity contribution in [2.45, 2.75) is 46.3 Å². The van der Waals surface area contributed by atoms with Crippen LogP contribution in [0.25, 0.3) is 33.8 Å². The molecule has 0 saturated carbocycles. The summed E-state index contributed by atoms with van der Waals surface area (Å²) in [4.78, 5) is 4.65. The second kappa shape index (κ2) is 8.98. The van der Waals surface area contributed by atoms with Crippen molar-refractivity contribution in [2.24, 2.45) is 0 Å². The quantitative estimate of drug-likeness (QED) is 0.303. The number of phenols is 1. The number of hydrogen-bond acceptors (Lipinski definition) is 6. The summed E-state index contributed by atoms with van der Waals surface area (Å²) in [5.74, 6) is 2.02. The van der Waals surface area contributed by atoms with E-state index < -0.39 is 0 Å². The van der Waals surface area contributed by atoms with Crippen molar-refractivity contribution in [3.05, 3.63) is 59.8 Å². The predicted molar refractivity (Wildman–Crippen MR) is 135 cm³/mol. The molecule has 4 aromatic rings. The second-order valence-electron chi connectivity index (χ2n) is 9.21. The topological polar surface area (TPSA) is 89.5 Å². The van der Waals surface area contributed by atoms with Crippen molar-refractivity contribution in [3.63, 3.8) is 0 Å². The third-order valence-corrected chi connectivity index (χ3v) is 5.91. The molecule has 2 N–H and O–H groups in total. The lowest BCUT2D eigenvalue weighted by molar-refractivity contribution is 0.199. The van der Waals surface area contributed by atoms with E-state index in [1.54, 1.807) is 12.1 Å². The number of ether oxygens (including phenoxy) is 3. The van der Waals surface area contributed by atoms with Crippen LogP contribution in [0, 0.1) is 0 Å². The van der Waals surface area contributed by atoms with Crippen LogP contribution in [-0.4, -0.2) is 39.6 Å². The number of pyridine rings is 1. The molecule has 0 saturated heterocycles. The van der Waals surface area contributed by atoms with E-state index >= 15 is 0 Å². The van der Waals surface area contributed by atoms with Gasteiger partial charge < -0.3 is 19.3 Å². The molecule has 0 bridgehead atoms. The Morgan fingerprint density at radius 2 is 1.60 bits per heavy atom. The molecule has 0 atom stereocenters. The third kappa shape index (κ3) is 4.30. The Morgan fingerprint density at radius 3 is 2.26 bits per heavy atom. The van der Waals surface area contributed by atoms with Crippen LogP contribution >= 0.6 is 0 Å². The molecule has 2 heterocycles. The van der Waals surface area contributed by atoms with Crippen LogP contribution in [0.5, 0.6) is 23.0 Å². The van der Waals surface area contributed by atoms with Gasteiger partial charge in [-0.05, 0) is 75.7 Å². The SMILES string of the molecule is COc1cc(-c2ccc(-c3n[nH]c4c3Cc3cc(OC(C)C)c(OC(C)C)cc3-4)cn2)ccc1O. The third-order valence-electron chi connectivity index (χ3n) is 5.91. The van der Waals surface area contributed by atoms with Crippen LogP contribution < -0.4 is 14.2 Å². The minimum Gasteiger partial charge on any atom is -0.504 e. The highest BCUT2D eigenvalue weighted by molar-refractivity contribution is 5.83. The van der Waals surface area contributed by atoms with Gasteiger partial charge in [0.2, 0.25) is 0 Å². The summed E-state index contributed by atoms with van der Waals surface area (Å²) in [5.41, 5.74) is 7.88. The Morgan fingerprint density at radius 1 is 0.886 bits per heavy atom. The van der Waals surface area contributed by atoms with Gasteiger partial charge in [-0.1, -0.05) is 0 Å². The van der Waals surface area contributed by atoms with Gasteiger partial charge in [-0.3, -0.25) is 10.1 Å². The van der Waals surface area contributed by atoms with Crippen molar-refractivity contribution in [1.82, 2.24) is 15.2 Å². The predicted octanol–water partition coefficient (Wildman–Crippen LogP) is 6.00. The minimum atomic E-state index is 0.0406. The van der Waals surface area contributed by atoms with Crippen LogP contribution in [0.1, 0.15) is 38.8 Å². The summed E-state index contributed by atoms with van der Waals surface area (Å²) in [7, 11) is 1.53. The molecule has 180 valence electrons. The fraction of sp³-hybridized carbons (Fsp3) is 0.286. The molecular formula is C28H29N3O4. The van der Waals surface area contributed by atoms with Gasteiger partial charge in [0.1, 0.15) is 0 Å². The Bertz CT molecular complexity index is 1370. The maximum Gasteiger partial charge on any atom is 0.162 e. The number of H-pyrrole nitrogens is 1. The summed E-state index contributed by atoms with van der Waals surface area (Å²) in [6.07, 6.45) is 2.68. The molecule has 7 nitrogen and oxygen atoms in total. The number of aromatic nitrogens is 3. The first-order valence-electron chi connectivity index (χ1n) is 11.8. The molecule has 5 rings (SSSR count). The Labute approximate surface area is 204 Å². The van der Waals surface area contributed by atoms with Crippen LogP contribution in [0.3, 0.4) is 0 Å². The Kier molecular flexibility index (Phi) is 5.84. The zero-order valence-corrected chi connectivity index (χ0v) is 20.5. The van der Waals surface area contributed by atoms with Crippen molar-refractivity contribution in [1.29, 1.82) is 0 Å². The number of rotatable bonds is 7. The largest absolute Gasteiger partial charge is 0.504 e. The van der Waals surface area contributed by atoms with Gasteiger partial charge in [-0.25, -0.2) is 0 Å². The highest BCUT2D eigenvalue weighted by Gasteiger charge is 2.28. The average molecular weight is 472 g/mol. The van der Waals surface area contributed by atoms with E-state index in [4.69, 9.17) is 14.2 Å². The number of nitrogens with zero attached hydrogens (tertiary/aromatic N) is 2. The maximum absolute atomic E-state index is 9.86. The number of phenolic OH excluding ortho intramolecular Hbond substituents is 1. The molecule has 35 heavy (non-hydrogen) atoms. The van der Waals surface area contributed by atoms with Crippen molar-refractivity contribution < 1.29 is 19.3 Å². The van der Waals surface area contributed by atoms with Crippen molar-refractivity contribution >= 4 is 0 Å². The molecule has 0 radical (unpaired) electrons.